The Balaban J connectivity index is 1.60. The molecular weight excluding hydrogens is 312 g/mol. The van der Waals surface area contributed by atoms with Crippen LogP contribution in [-0.2, 0) is 6.42 Å². The van der Waals surface area contributed by atoms with Gasteiger partial charge < -0.3 is 15.4 Å². The number of hydrogen-bond donors (Lipinski definition) is 2. The second kappa shape index (κ2) is 9.06. The van der Waals surface area contributed by atoms with Gasteiger partial charge in [-0.05, 0) is 36.6 Å². The Bertz CT molecular complexity index is 632. The summed E-state index contributed by atoms with van der Waals surface area (Å²) < 4.78 is 5.57. The molecule has 0 spiro atoms. The van der Waals surface area contributed by atoms with Crippen LogP contribution in [0.4, 0.5) is 4.79 Å². The number of ether oxygens (including phenoxy) is 1. The molecule has 0 aliphatic heterocycles. The molecule has 5 heteroatoms. The number of amides is 2. The number of urea groups is 1. The van der Waals surface area contributed by atoms with E-state index in [1.54, 1.807) is 6.07 Å². The zero-order valence-electron chi connectivity index (χ0n) is 13.1. The van der Waals surface area contributed by atoms with Crippen molar-refractivity contribution in [1.82, 2.24) is 10.6 Å². The van der Waals surface area contributed by atoms with Crippen molar-refractivity contribution in [3.05, 3.63) is 64.7 Å². The molecule has 4 nitrogen and oxygen atoms in total. The number of halogens is 1. The van der Waals surface area contributed by atoms with E-state index < -0.39 is 0 Å². The fourth-order valence-electron chi connectivity index (χ4n) is 2.07. The standard InChI is InChI=1S/C18H21ClN2O2/c1-14-7-8-16(19)17(13-14)23-12-11-21-18(22)20-10-9-15-5-3-2-4-6-15/h2-8,13H,9-12H2,1H3,(H2,20,21,22). The first-order chi connectivity index (χ1) is 11.1. The topological polar surface area (TPSA) is 50.4 Å². The largest absolute Gasteiger partial charge is 0.490 e. The molecule has 2 aromatic carbocycles. The van der Waals surface area contributed by atoms with Crippen molar-refractivity contribution < 1.29 is 9.53 Å². The molecule has 2 amide bonds. The molecule has 0 bridgehead atoms. The summed E-state index contributed by atoms with van der Waals surface area (Å²) >= 11 is 6.04. The van der Waals surface area contributed by atoms with E-state index in [1.807, 2.05) is 49.4 Å². The summed E-state index contributed by atoms with van der Waals surface area (Å²) in [7, 11) is 0. The summed E-state index contributed by atoms with van der Waals surface area (Å²) in [5, 5.41) is 6.15. The van der Waals surface area contributed by atoms with E-state index in [0.717, 1.165) is 12.0 Å². The molecule has 0 fully saturated rings. The van der Waals surface area contributed by atoms with Crippen LogP contribution in [0.15, 0.2) is 48.5 Å². The average molecular weight is 333 g/mol. The third kappa shape index (κ3) is 6.20. The summed E-state index contributed by atoms with van der Waals surface area (Å²) in [6.07, 6.45) is 0.809. The highest BCUT2D eigenvalue weighted by atomic mass is 35.5. The lowest BCUT2D eigenvalue weighted by molar-refractivity contribution is 0.236. The van der Waals surface area contributed by atoms with Crippen molar-refractivity contribution >= 4 is 17.6 Å². The van der Waals surface area contributed by atoms with E-state index in [1.165, 1.54) is 5.56 Å². The van der Waals surface area contributed by atoms with Gasteiger partial charge in [0.25, 0.3) is 0 Å². The van der Waals surface area contributed by atoms with Crippen LogP contribution in [0.1, 0.15) is 11.1 Å². The first-order valence-corrected chi connectivity index (χ1v) is 7.97. The highest BCUT2D eigenvalue weighted by Gasteiger charge is 2.03. The highest BCUT2D eigenvalue weighted by molar-refractivity contribution is 6.32. The molecule has 23 heavy (non-hydrogen) atoms. The highest BCUT2D eigenvalue weighted by Crippen LogP contribution is 2.24. The molecule has 0 unspecified atom stereocenters. The van der Waals surface area contributed by atoms with Crippen LogP contribution < -0.4 is 15.4 Å². The predicted molar refractivity (Wildman–Crippen MR) is 93.2 cm³/mol. The van der Waals surface area contributed by atoms with Gasteiger partial charge >= 0.3 is 6.03 Å². The van der Waals surface area contributed by atoms with Crippen LogP contribution in [0.5, 0.6) is 5.75 Å². The summed E-state index contributed by atoms with van der Waals surface area (Å²) in [6, 6.07) is 15.4. The van der Waals surface area contributed by atoms with E-state index >= 15 is 0 Å². The Morgan fingerprint density at radius 2 is 1.83 bits per heavy atom. The van der Waals surface area contributed by atoms with E-state index in [2.05, 4.69) is 10.6 Å². The molecule has 0 heterocycles. The van der Waals surface area contributed by atoms with Crippen molar-refractivity contribution in [2.45, 2.75) is 13.3 Å². The van der Waals surface area contributed by atoms with E-state index in [0.29, 0.717) is 30.5 Å². The molecule has 0 saturated heterocycles. The molecule has 2 aromatic rings. The quantitative estimate of drug-likeness (QED) is 0.761. The Morgan fingerprint density at radius 1 is 1.09 bits per heavy atom. The lowest BCUT2D eigenvalue weighted by atomic mass is 10.1. The maximum atomic E-state index is 11.7. The van der Waals surface area contributed by atoms with Crippen molar-refractivity contribution in [3.63, 3.8) is 0 Å². The Kier molecular flexibility index (Phi) is 6.76. The summed E-state index contributed by atoms with van der Waals surface area (Å²) in [5.74, 6) is 0.637. The SMILES string of the molecule is Cc1ccc(Cl)c(OCCNC(=O)NCCc2ccccc2)c1. The minimum atomic E-state index is -0.195. The lowest BCUT2D eigenvalue weighted by Crippen LogP contribution is -2.38. The number of aryl methyl sites for hydroxylation is 1. The second-order valence-corrected chi connectivity index (χ2v) is 5.61. The smallest absolute Gasteiger partial charge is 0.314 e. The minimum Gasteiger partial charge on any atom is -0.490 e. The molecule has 0 aliphatic rings. The number of carbonyl (C=O) groups is 1. The fourth-order valence-corrected chi connectivity index (χ4v) is 2.25. The number of nitrogens with one attached hydrogen (secondary N) is 2. The van der Waals surface area contributed by atoms with Crippen molar-refractivity contribution in [2.75, 3.05) is 19.7 Å². The molecule has 0 aliphatic carbocycles. The van der Waals surface area contributed by atoms with Crippen LogP contribution in [0.2, 0.25) is 5.02 Å². The monoisotopic (exact) mass is 332 g/mol. The first-order valence-electron chi connectivity index (χ1n) is 7.60. The molecule has 0 radical (unpaired) electrons. The van der Waals surface area contributed by atoms with Gasteiger partial charge in [-0.15, -0.1) is 0 Å². The minimum absolute atomic E-state index is 0.195. The van der Waals surface area contributed by atoms with Crippen LogP contribution >= 0.6 is 11.6 Å². The van der Waals surface area contributed by atoms with Crippen molar-refractivity contribution in [1.29, 1.82) is 0 Å². The van der Waals surface area contributed by atoms with Crippen LogP contribution in [0.3, 0.4) is 0 Å². The molecule has 0 atom stereocenters. The number of benzene rings is 2. The molecule has 2 rings (SSSR count). The number of hydrogen-bond acceptors (Lipinski definition) is 2. The van der Waals surface area contributed by atoms with Gasteiger partial charge in [0, 0.05) is 6.54 Å². The van der Waals surface area contributed by atoms with Crippen LogP contribution in [-0.4, -0.2) is 25.7 Å². The lowest BCUT2D eigenvalue weighted by Gasteiger charge is -2.10. The zero-order chi connectivity index (χ0) is 16.5. The molecular formula is C18H21ClN2O2. The van der Waals surface area contributed by atoms with E-state index in [9.17, 15) is 4.79 Å². The maximum Gasteiger partial charge on any atom is 0.314 e. The third-order valence-corrected chi connectivity index (χ3v) is 3.59. The van der Waals surface area contributed by atoms with E-state index in [-0.39, 0.29) is 6.03 Å². The third-order valence-electron chi connectivity index (χ3n) is 3.27. The molecule has 122 valence electrons. The van der Waals surface area contributed by atoms with Crippen molar-refractivity contribution in [2.24, 2.45) is 0 Å². The average Bonchev–Trinajstić information content (AvgIpc) is 2.55. The predicted octanol–water partition coefficient (Wildman–Crippen LogP) is 3.57. The van der Waals surface area contributed by atoms with Gasteiger partial charge in [-0.1, -0.05) is 48.0 Å². The van der Waals surface area contributed by atoms with E-state index in [4.69, 9.17) is 16.3 Å². The normalized spacial score (nSPS) is 10.2. The second-order valence-electron chi connectivity index (χ2n) is 5.20. The summed E-state index contributed by atoms with van der Waals surface area (Å²) in [5.41, 5.74) is 2.28. The van der Waals surface area contributed by atoms with Crippen molar-refractivity contribution in [3.8, 4) is 5.75 Å². The number of carbonyl (C=O) groups excluding carboxylic acids is 1. The molecule has 2 N–H and O–H groups in total. The first kappa shape index (κ1) is 17.2. The Morgan fingerprint density at radius 3 is 2.61 bits per heavy atom. The molecule has 0 saturated carbocycles. The van der Waals surface area contributed by atoms with Crippen LogP contribution in [0, 0.1) is 6.92 Å². The Hall–Kier alpha value is -2.20. The Labute approximate surface area is 141 Å². The fraction of sp³-hybridized carbons (Fsp3) is 0.278. The summed E-state index contributed by atoms with van der Waals surface area (Å²) in [4.78, 5) is 11.7. The van der Waals surface area contributed by atoms with Gasteiger partial charge in [-0.3, -0.25) is 0 Å². The van der Waals surface area contributed by atoms with Gasteiger partial charge in [0.1, 0.15) is 12.4 Å². The van der Waals surface area contributed by atoms with Gasteiger partial charge in [0.05, 0.1) is 11.6 Å². The van der Waals surface area contributed by atoms with Gasteiger partial charge in [0.15, 0.2) is 0 Å². The molecule has 0 aromatic heterocycles. The summed E-state index contributed by atoms with van der Waals surface area (Å²) in [6.45, 7) is 3.36. The van der Waals surface area contributed by atoms with Gasteiger partial charge in [-0.2, -0.15) is 0 Å². The van der Waals surface area contributed by atoms with Gasteiger partial charge in [0.2, 0.25) is 0 Å². The number of rotatable bonds is 7. The van der Waals surface area contributed by atoms with Crippen LogP contribution in [0.25, 0.3) is 0 Å². The maximum absolute atomic E-state index is 11.7. The van der Waals surface area contributed by atoms with Gasteiger partial charge in [-0.25, -0.2) is 4.79 Å². The zero-order valence-corrected chi connectivity index (χ0v) is 13.9.